The summed E-state index contributed by atoms with van der Waals surface area (Å²) >= 11 is 3.40. The Morgan fingerprint density at radius 3 is 2.31 bits per heavy atom. The number of aryl methyl sites for hydroxylation is 2. The van der Waals surface area contributed by atoms with Crippen LogP contribution >= 0.6 is 15.9 Å². The van der Waals surface area contributed by atoms with Gasteiger partial charge in [-0.2, -0.15) is 0 Å². The van der Waals surface area contributed by atoms with Crippen LogP contribution in [0, 0.1) is 20.8 Å². The third-order valence-corrected chi connectivity index (χ3v) is 5.47. The number of nitrogens with zero attached hydrogens (tertiary/aromatic N) is 1. The van der Waals surface area contributed by atoms with Crippen LogP contribution in [-0.2, 0) is 0 Å². The highest BCUT2D eigenvalue weighted by atomic mass is 79.9. The standard InChI is InChI=1S/C25H20BrNO2/c1-15-13-16(2)23-21(14-15)22(25(28)29-20-11-9-19(26)10-12-20)17(3)24(27-23)18-7-5-4-6-8-18/h4-14H,1-3H3. The molecule has 0 amide bonds. The SMILES string of the molecule is Cc1cc(C)c2nc(-c3ccccc3)c(C)c(C(=O)Oc3ccc(Br)cc3)c2c1. The molecule has 0 N–H and O–H groups in total. The van der Waals surface area contributed by atoms with Gasteiger partial charge in [0.2, 0.25) is 0 Å². The molecule has 0 saturated heterocycles. The van der Waals surface area contributed by atoms with Gasteiger partial charge in [0, 0.05) is 15.4 Å². The minimum atomic E-state index is -0.376. The van der Waals surface area contributed by atoms with Gasteiger partial charge in [-0.3, -0.25) is 0 Å². The van der Waals surface area contributed by atoms with E-state index in [1.54, 1.807) is 12.1 Å². The molecule has 29 heavy (non-hydrogen) atoms. The molecule has 3 aromatic carbocycles. The lowest BCUT2D eigenvalue weighted by molar-refractivity contribution is 0.0736. The van der Waals surface area contributed by atoms with E-state index in [2.05, 4.69) is 22.0 Å². The first kappa shape index (κ1) is 19.3. The number of carbonyl (C=O) groups is 1. The van der Waals surface area contributed by atoms with Crippen LogP contribution in [0.15, 0.2) is 71.2 Å². The smallest absolute Gasteiger partial charge is 0.344 e. The maximum absolute atomic E-state index is 13.3. The fourth-order valence-electron chi connectivity index (χ4n) is 3.62. The van der Waals surface area contributed by atoms with Crippen molar-refractivity contribution in [1.82, 2.24) is 4.98 Å². The first-order chi connectivity index (χ1) is 13.9. The Morgan fingerprint density at radius 2 is 1.62 bits per heavy atom. The predicted molar refractivity (Wildman–Crippen MR) is 120 cm³/mol. The van der Waals surface area contributed by atoms with E-state index in [4.69, 9.17) is 9.72 Å². The van der Waals surface area contributed by atoms with Crippen molar-refractivity contribution >= 4 is 32.8 Å². The normalized spacial score (nSPS) is 10.9. The van der Waals surface area contributed by atoms with Crippen molar-refractivity contribution in [3.63, 3.8) is 0 Å². The third kappa shape index (κ3) is 3.81. The van der Waals surface area contributed by atoms with Gasteiger partial charge < -0.3 is 4.74 Å². The lowest BCUT2D eigenvalue weighted by atomic mass is 9.95. The van der Waals surface area contributed by atoms with Crippen molar-refractivity contribution in [2.75, 3.05) is 0 Å². The number of halogens is 1. The molecule has 0 spiro atoms. The molecule has 0 fully saturated rings. The number of hydrogen-bond donors (Lipinski definition) is 0. The molecular weight excluding hydrogens is 426 g/mol. The summed E-state index contributed by atoms with van der Waals surface area (Å²) in [5.74, 6) is 0.132. The number of pyridine rings is 1. The molecule has 3 nitrogen and oxygen atoms in total. The van der Waals surface area contributed by atoms with Crippen LogP contribution in [0.1, 0.15) is 27.0 Å². The Bertz CT molecular complexity index is 1220. The summed E-state index contributed by atoms with van der Waals surface area (Å²) in [6.07, 6.45) is 0. The number of benzene rings is 3. The van der Waals surface area contributed by atoms with Gasteiger partial charge in [-0.05, 0) is 62.2 Å². The monoisotopic (exact) mass is 445 g/mol. The molecular formula is C25H20BrNO2. The number of esters is 1. The maximum atomic E-state index is 13.3. The predicted octanol–water partition coefficient (Wildman–Crippen LogP) is 6.81. The molecule has 0 atom stereocenters. The molecule has 0 aliphatic rings. The molecule has 4 heteroatoms. The van der Waals surface area contributed by atoms with Crippen LogP contribution in [0.25, 0.3) is 22.2 Å². The van der Waals surface area contributed by atoms with Gasteiger partial charge in [0.15, 0.2) is 0 Å². The highest BCUT2D eigenvalue weighted by Gasteiger charge is 2.22. The molecule has 0 bridgehead atoms. The van der Waals surface area contributed by atoms with Crippen molar-refractivity contribution in [2.45, 2.75) is 20.8 Å². The topological polar surface area (TPSA) is 39.2 Å². The zero-order chi connectivity index (χ0) is 20.5. The Balaban J connectivity index is 1.94. The average molecular weight is 446 g/mol. The lowest BCUT2D eigenvalue weighted by Gasteiger charge is -2.16. The molecule has 1 aromatic heterocycles. The summed E-state index contributed by atoms with van der Waals surface area (Å²) in [7, 11) is 0. The first-order valence-corrected chi connectivity index (χ1v) is 10.2. The van der Waals surface area contributed by atoms with Gasteiger partial charge >= 0.3 is 5.97 Å². The van der Waals surface area contributed by atoms with Crippen molar-refractivity contribution in [3.05, 3.63) is 93.5 Å². The zero-order valence-electron chi connectivity index (χ0n) is 16.5. The van der Waals surface area contributed by atoms with Crippen LogP contribution < -0.4 is 4.74 Å². The van der Waals surface area contributed by atoms with Gasteiger partial charge in [0.05, 0.1) is 16.8 Å². The van der Waals surface area contributed by atoms with Crippen LogP contribution in [0.3, 0.4) is 0 Å². The Kier molecular flexibility index (Phi) is 5.20. The van der Waals surface area contributed by atoms with E-state index in [9.17, 15) is 4.79 Å². The fourth-order valence-corrected chi connectivity index (χ4v) is 3.88. The minimum absolute atomic E-state index is 0.376. The molecule has 0 aliphatic carbocycles. The van der Waals surface area contributed by atoms with Gasteiger partial charge in [0.25, 0.3) is 0 Å². The summed E-state index contributed by atoms with van der Waals surface area (Å²) in [6.45, 7) is 5.98. The molecule has 1 heterocycles. The number of fused-ring (bicyclic) bond motifs is 1. The molecule has 0 saturated carbocycles. The van der Waals surface area contributed by atoms with Crippen LogP contribution in [-0.4, -0.2) is 11.0 Å². The molecule has 4 rings (SSSR count). The van der Waals surface area contributed by atoms with E-state index in [1.165, 1.54) is 0 Å². The summed E-state index contributed by atoms with van der Waals surface area (Å²) in [5, 5.41) is 0.821. The van der Waals surface area contributed by atoms with Gasteiger partial charge in [-0.15, -0.1) is 0 Å². The van der Waals surface area contributed by atoms with Crippen LogP contribution in [0.2, 0.25) is 0 Å². The average Bonchev–Trinajstić information content (AvgIpc) is 2.70. The van der Waals surface area contributed by atoms with Gasteiger partial charge in [0.1, 0.15) is 5.75 Å². The van der Waals surface area contributed by atoms with Crippen LogP contribution in [0.4, 0.5) is 0 Å². The third-order valence-electron chi connectivity index (χ3n) is 4.94. The molecule has 144 valence electrons. The number of carbonyl (C=O) groups excluding carboxylic acids is 1. The van der Waals surface area contributed by atoms with Crippen molar-refractivity contribution in [1.29, 1.82) is 0 Å². The summed E-state index contributed by atoms with van der Waals surface area (Å²) in [5.41, 5.74) is 6.09. The number of hydrogen-bond acceptors (Lipinski definition) is 3. The highest BCUT2D eigenvalue weighted by molar-refractivity contribution is 9.10. The van der Waals surface area contributed by atoms with Crippen LogP contribution in [0.5, 0.6) is 5.75 Å². The molecule has 0 unspecified atom stereocenters. The zero-order valence-corrected chi connectivity index (χ0v) is 18.1. The molecule has 0 aliphatic heterocycles. The number of rotatable bonds is 3. The summed E-state index contributed by atoms with van der Waals surface area (Å²) in [4.78, 5) is 18.2. The van der Waals surface area contributed by atoms with E-state index in [0.29, 0.717) is 11.3 Å². The lowest BCUT2D eigenvalue weighted by Crippen LogP contribution is -2.13. The van der Waals surface area contributed by atoms with Gasteiger partial charge in [-0.1, -0.05) is 57.9 Å². The summed E-state index contributed by atoms with van der Waals surface area (Å²) < 4.78 is 6.66. The van der Waals surface area contributed by atoms with E-state index in [1.807, 2.05) is 69.3 Å². The van der Waals surface area contributed by atoms with Crippen molar-refractivity contribution in [3.8, 4) is 17.0 Å². The first-order valence-electron chi connectivity index (χ1n) is 9.39. The quantitative estimate of drug-likeness (QED) is 0.256. The molecule has 0 radical (unpaired) electrons. The second-order valence-electron chi connectivity index (χ2n) is 7.15. The number of aromatic nitrogens is 1. The molecule has 4 aromatic rings. The number of ether oxygens (including phenoxy) is 1. The highest BCUT2D eigenvalue weighted by Crippen LogP contribution is 2.32. The maximum Gasteiger partial charge on any atom is 0.344 e. The van der Waals surface area contributed by atoms with Crippen molar-refractivity contribution < 1.29 is 9.53 Å². The Labute approximate surface area is 178 Å². The largest absolute Gasteiger partial charge is 0.423 e. The second-order valence-corrected chi connectivity index (χ2v) is 8.06. The summed E-state index contributed by atoms with van der Waals surface area (Å²) in [6, 6.07) is 21.3. The van der Waals surface area contributed by atoms with E-state index < -0.39 is 0 Å². The van der Waals surface area contributed by atoms with Gasteiger partial charge in [-0.25, -0.2) is 9.78 Å². The van der Waals surface area contributed by atoms with Crippen molar-refractivity contribution in [2.24, 2.45) is 0 Å². The Hall–Kier alpha value is -2.98. The fraction of sp³-hybridized carbons (Fsp3) is 0.120. The van der Waals surface area contributed by atoms with E-state index >= 15 is 0 Å². The Morgan fingerprint density at radius 1 is 0.931 bits per heavy atom. The second kappa shape index (κ2) is 7.80. The van der Waals surface area contributed by atoms with E-state index in [0.717, 1.165) is 43.3 Å². The van der Waals surface area contributed by atoms with E-state index in [-0.39, 0.29) is 5.97 Å². The minimum Gasteiger partial charge on any atom is -0.423 e.